The second kappa shape index (κ2) is 6.67. The molecule has 0 aromatic heterocycles. The molecule has 1 atom stereocenters. The maximum atomic E-state index is 12.0. The zero-order valence-corrected chi connectivity index (χ0v) is 13.4. The van der Waals surface area contributed by atoms with Gasteiger partial charge in [0.2, 0.25) is 0 Å². The number of hydrogen-bond acceptors (Lipinski definition) is 2. The SMILES string of the molecule is CC(O)CN(C)C(=O)NCC1(c2ccc(Cl)cc2)CCC1. The third-order valence-electron chi connectivity index (χ3n) is 4.23. The summed E-state index contributed by atoms with van der Waals surface area (Å²) in [4.78, 5) is 13.5. The highest BCUT2D eigenvalue weighted by atomic mass is 35.5. The molecule has 5 heteroatoms. The van der Waals surface area contributed by atoms with E-state index in [1.165, 1.54) is 16.9 Å². The summed E-state index contributed by atoms with van der Waals surface area (Å²) in [7, 11) is 1.69. The summed E-state index contributed by atoms with van der Waals surface area (Å²) in [6.45, 7) is 2.63. The van der Waals surface area contributed by atoms with Gasteiger partial charge >= 0.3 is 6.03 Å². The van der Waals surface area contributed by atoms with Gasteiger partial charge in [-0.1, -0.05) is 30.2 Å². The molecule has 0 bridgehead atoms. The van der Waals surface area contributed by atoms with E-state index >= 15 is 0 Å². The number of hydrogen-bond donors (Lipinski definition) is 2. The molecule has 0 heterocycles. The highest BCUT2D eigenvalue weighted by Crippen LogP contribution is 2.43. The van der Waals surface area contributed by atoms with Crippen molar-refractivity contribution in [2.45, 2.75) is 37.7 Å². The average Bonchev–Trinajstić information content (AvgIpc) is 2.38. The highest BCUT2D eigenvalue weighted by Gasteiger charge is 2.39. The third kappa shape index (κ3) is 3.89. The molecule has 1 aliphatic carbocycles. The molecule has 0 radical (unpaired) electrons. The molecular weight excluding hydrogens is 288 g/mol. The lowest BCUT2D eigenvalue weighted by Gasteiger charge is -2.43. The zero-order valence-electron chi connectivity index (χ0n) is 12.6. The van der Waals surface area contributed by atoms with Crippen molar-refractivity contribution >= 4 is 17.6 Å². The van der Waals surface area contributed by atoms with Gasteiger partial charge < -0.3 is 15.3 Å². The van der Waals surface area contributed by atoms with Crippen molar-refractivity contribution < 1.29 is 9.90 Å². The molecule has 2 N–H and O–H groups in total. The number of urea groups is 1. The Balaban J connectivity index is 1.96. The molecule has 21 heavy (non-hydrogen) atoms. The Bertz CT molecular complexity index is 484. The standard InChI is InChI=1S/C16H23ClN2O2/c1-12(20)10-19(2)15(21)18-11-16(8-3-9-16)13-4-6-14(17)7-5-13/h4-7,12,20H,3,8-11H2,1-2H3,(H,18,21). The normalized spacial score (nSPS) is 17.7. The quantitative estimate of drug-likeness (QED) is 0.878. The number of likely N-dealkylation sites (N-methyl/N-ethyl adjacent to an activating group) is 1. The first kappa shape index (κ1) is 16.1. The second-order valence-electron chi connectivity index (χ2n) is 6.03. The van der Waals surface area contributed by atoms with Crippen molar-refractivity contribution in [1.29, 1.82) is 0 Å². The van der Waals surface area contributed by atoms with Gasteiger partial charge in [0.1, 0.15) is 0 Å². The van der Waals surface area contributed by atoms with Crippen LogP contribution in [0.3, 0.4) is 0 Å². The van der Waals surface area contributed by atoms with Gasteiger partial charge in [-0.3, -0.25) is 0 Å². The van der Waals surface area contributed by atoms with E-state index in [0.29, 0.717) is 13.1 Å². The van der Waals surface area contributed by atoms with E-state index in [9.17, 15) is 9.90 Å². The van der Waals surface area contributed by atoms with Gasteiger partial charge in [-0.25, -0.2) is 4.79 Å². The van der Waals surface area contributed by atoms with Crippen LogP contribution in [-0.2, 0) is 5.41 Å². The van der Waals surface area contributed by atoms with Gasteiger partial charge in [-0.05, 0) is 37.5 Å². The Labute approximate surface area is 131 Å². The molecule has 1 aromatic rings. The molecule has 0 saturated heterocycles. The van der Waals surface area contributed by atoms with Crippen LogP contribution in [0.2, 0.25) is 5.02 Å². The largest absolute Gasteiger partial charge is 0.392 e. The van der Waals surface area contributed by atoms with Gasteiger partial charge in [0, 0.05) is 30.6 Å². The van der Waals surface area contributed by atoms with E-state index in [4.69, 9.17) is 11.6 Å². The van der Waals surface area contributed by atoms with E-state index in [0.717, 1.165) is 17.9 Å². The van der Waals surface area contributed by atoms with Gasteiger partial charge in [0.15, 0.2) is 0 Å². The van der Waals surface area contributed by atoms with Crippen LogP contribution in [-0.4, -0.2) is 42.3 Å². The van der Waals surface area contributed by atoms with Crippen molar-refractivity contribution in [2.24, 2.45) is 0 Å². The Morgan fingerprint density at radius 2 is 2.05 bits per heavy atom. The predicted octanol–water partition coefficient (Wildman–Crippen LogP) is 2.78. The van der Waals surface area contributed by atoms with Gasteiger partial charge in [-0.2, -0.15) is 0 Å². The average molecular weight is 311 g/mol. The van der Waals surface area contributed by atoms with Crippen LogP contribution in [0.25, 0.3) is 0 Å². The van der Waals surface area contributed by atoms with Crippen LogP contribution in [0.15, 0.2) is 24.3 Å². The Hall–Kier alpha value is -1.26. The number of halogens is 1. The first-order valence-electron chi connectivity index (χ1n) is 7.36. The van der Waals surface area contributed by atoms with Gasteiger partial charge in [-0.15, -0.1) is 0 Å². The van der Waals surface area contributed by atoms with E-state index in [-0.39, 0.29) is 11.4 Å². The summed E-state index contributed by atoms with van der Waals surface area (Å²) in [5.41, 5.74) is 1.27. The number of carbonyl (C=O) groups excluding carboxylic acids is 1. The molecule has 2 rings (SSSR count). The molecule has 1 aromatic carbocycles. The van der Waals surface area contributed by atoms with Crippen LogP contribution >= 0.6 is 11.6 Å². The number of nitrogens with one attached hydrogen (secondary N) is 1. The molecule has 4 nitrogen and oxygen atoms in total. The highest BCUT2D eigenvalue weighted by molar-refractivity contribution is 6.30. The predicted molar refractivity (Wildman–Crippen MR) is 84.7 cm³/mol. The summed E-state index contributed by atoms with van der Waals surface area (Å²) in [6, 6.07) is 7.76. The molecule has 1 fully saturated rings. The topological polar surface area (TPSA) is 52.6 Å². The van der Waals surface area contributed by atoms with Crippen molar-refractivity contribution in [3.63, 3.8) is 0 Å². The number of aliphatic hydroxyl groups is 1. The number of aliphatic hydroxyl groups excluding tert-OH is 1. The smallest absolute Gasteiger partial charge is 0.317 e. The zero-order chi connectivity index (χ0) is 15.5. The fraction of sp³-hybridized carbons (Fsp3) is 0.562. The molecule has 116 valence electrons. The van der Waals surface area contributed by atoms with E-state index < -0.39 is 6.10 Å². The monoisotopic (exact) mass is 310 g/mol. The van der Waals surface area contributed by atoms with Gasteiger partial charge in [0.25, 0.3) is 0 Å². The Kier molecular flexibility index (Phi) is 5.12. The van der Waals surface area contributed by atoms with Crippen molar-refractivity contribution in [3.05, 3.63) is 34.9 Å². The fourth-order valence-corrected chi connectivity index (χ4v) is 2.96. The molecule has 1 aliphatic rings. The maximum Gasteiger partial charge on any atom is 0.317 e. The fourth-order valence-electron chi connectivity index (χ4n) is 2.83. The minimum absolute atomic E-state index is 0.0337. The molecule has 1 saturated carbocycles. The van der Waals surface area contributed by atoms with Crippen molar-refractivity contribution in [1.82, 2.24) is 10.2 Å². The van der Waals surface area contributed by atoms with Crippen molar-refractivity contribution in [3.8, 4) is 0 Å². The lowest BCUT2D eigenvalue weighted by Crippen LogP contribution is -2.49. The first-order valence-corrected chi connectivity index (χ1v) is 7.74. The summed E-state index contributed by atoms with van der Waals surface area (Å²) in [6.07, 6.45) is 2.82. The lowest BCUT2D eigenvalue weighted by atomic mass is 9.64. The van der Waals surface area contributed by atoms with Gasteiger partial charge in [0.05, 0.1) is 6.10 Å². The second-order valence-corrected chi connectivity index (χ2v) is 6.47. The number of rotatable bonds is 5. The summed E-state index contributed by atoms with van der Waals surface area (Å²) in [5.74, 6) is 0. The molecule has 1 unspecified atom stereocenters. The summed E-state index contributed by atoms with van der Waals surface area (Å²) in [5, 5.41) is 13.0. The molecule has 2 amide bonds. The Morgan fingerprint density at radius 1 is 1.43 bits per heavy atom. The minimum atomic E-state index is -0.519. The Morgan fingerprint density at radius 3 is 2.52 bits per heavy atom. The van der Waals surface area contributed by atoms with Crippen molar-refractivity contribution in [2.75, 3.05) is 20.1 Å². The van der Waals surface area contributed by atoms with E-state index in [2.05, 4.69) is 5.32 Å². The van der Waals surface area contributed by atoms with Crippen LogP contribution in [0, 0.1) is 0 Å². The van der Waals surface area contributed by atoms with Crippen LogP contribution < -0.4 is 5.32 Å². The summed E-state index contributed by atoms with van der Waals surface area (Å²) >= 11 is 5.94. The van der Waals surface area contributed by atoms with Crippen LogP contribution in [0.1, 0.15) is 31.7 Å². The van der Waals surface area contributed by atoms with Crippen LogP contribution in [0.4, 0.5) is 4.79 Å². The molecular formula is C16H23ClN2O2. The lowest BCUT2D eigenvalue weighted by molar-refractivity contribution is 0.140. The molecule has 0 spiro atoms. The number of benzene rings is 1. The number of carbonyl (C=O) groups is 1. The minimum Gasteiger partial charge on any atom is -0.392 e. The first-order chi connectivity index (χ1) is 9.93. The van der Waals surface area contributed by atoms with E-state index in [1.807, 2.05) is 24.3 Å². The van der Waals surface area contributed by atoms with Crippen LogP contribution in [0.5, 0.6) is 0 Å². The third-order valence-corrected chi connectivity index (χ3v) is 4.48. The van der Waals surface area contributed by atoms with E-state index in [1.54, 1.807) is 14.0 Å². The number of nitrogens with zero attached hydrogens (tertiary/aromatic N) is 1. The number of amides is 2. The summed E-state index contributed by atoms with van der Waals surface area (Å²) < 4.78 is 0. The molecule has 0 aliphatic heterocycles. The maximum absolute atomic E-state index is 12.0.